The lowest BCUT2D eigenvalue weighted by Gasteiger charge is -2.10. The van der Waals surface area contributed by atoms with Gasteiger partial charge in [0.15, 0.2) is 0 Å². The van der Waals surface area contributed by atoms with Gasteiger partial charge in [-0.15, -0.1) is 0 Å². The van der Waals surface area contributed by atoms with Crippen molar-refractivity contribution in [1.29, 1.82) is 0 Å². The number of carbonyl (C=O) groups excluding carboxylic acids is 1. The summed E-state index contributed by atoms with van der Waals surface area (Å²) in [4.78, 5) is 11.8. The smallest absolute Gasteiger partial charge is 0.227 e. The number of carbonyl (C=O) groups is 1. The Kier molecular flexibility index (Phi) is 5.04. The third kappa shape index (κ3) is 4.42. The molecule has 0 aliphatic rings. The van der Waals surface area contributed by atoms with Gasteiger partial charge in [0.05, 0.1) is 31.5 Å². The number of amides is 1. The average molecular weight is 286 g/mol. The summed E-state index contributed by atoms with van der Waals surface area (Å²) in [5.74, 6) is 1.25. The van der Waals surface area contributed by atoms with E-state index in [0.29, 0.717) is 23.7 Å². The highest BCUT2D eigenvalue weighted by Gasteiger charge is 2.06. The Hall–Kier alpha value is -2.69. The van der Waals surface area contributed by atoms with E-state index >= 15 is 0 Å². The molecule has 0 aliphatic heterocycles. The van der Waals surface area contributed by atoms with Crippen molar-refractivity contribution in [2.75, 3.05) is 24.8 Å². The minimum atomic E-state index is -0.150. The number of ether oxygens (including phenoxy) is 2. The first-order chi connectivity index (χ1) is 10.2. The quantitative estimate of drug-likeness (QED) is 0.801. The second-order valence-electron chi connectivity index (χ2n) is 4.41. The van der Waals surface area contributed by atoms with E-state index in [2.05, 4.69) is 5.32 Å². The van der Waals surface area contributed by atoms with E-state index < -0.39 is 0 Å². The number of nitrogens with two attached hydrogens (primary N) is 1. The standard InChI is InChI=1S/C16H18N2O3/c1-20-13-7-8-15(14(17)11-13)18-16(19)9-10-21-12-5-3-2-4-6-12/h2-8,11H,9-10,17H2,1H3,(H,18,19). The zero-order valence-electron chi connectivity index (χ0n) is 11.8. The van der Waals surface area contributed by atoms with Crippen LogP contribution >= 0.6 is 0 Å². The van der Waals surface area contributed by atoms with E-state index in [4.69, 9.17) is 15.2 Å². The van der Waals surface area contributed by atoms with Gasteiger partial charge in [0.25, 0.3) is 0 Å². The van der Waals surface area contributed by atoms with Crippen molar-refractivity contribution in [3.8, 4) is 11.5 Å². The Bertz CT molecular complexity index is 600. The number of hydrogen-bond donors (Lipinski definition) is 2. The first-order valence-electron chi connectivity index (χ1n) is 6.60. The Labute approximate surface area is 123 Å². The molecule has 1 amide bonds. The minimum absolute atomic E-state index is 0.150. The van der Waals surface area contributed by atoms with Gasteiger partial charge in [0.1, 0.15) is 11.5 Å². The summed E-state index contributed by atoms with van der Waals surface area (Å²) in [5, 5.41) is 2.75. The van der Waals surface area contributed by atoms with Crippen LogP contribution in [0.15, 0.2) is 48.5 Å². The second kappa shape index (κ2) is 7.19. The molecule has 110 valence electrons. The van der Waals surface area contributed by atoms with E-state index in [9.17, 15) is 4.79 Å². The van der Waals surface area contributed by atoms with Gasteiger partial charge in [0.2, 0.25) is 5.91 Å². The number of methoxy groups -OCH3 is 1. The predicted molar refractivity (Wildman–Crippen MR) is 82.6 cm³/mol. The summed E-state index contributed by atoms with van der Waals surface area (Å²) in [5.41, 5.74) is 6.87. The molecule has 0 spiro atoms. The van der Waals surface area contributed by atoms with Crippen LogP contribution in [0.1, 0.15) is 6.42 Å². The van der Waals surface area contributed by atoms with Crippen molar-refractivity contribution in [3.05, 3.63) is 48.5 Å². The van der Waals surface area contributed by atoms with Gasteiger partial charge in [-0.25, -0.2) is 0 Å². The monoisotopic (exact) mass is 286 g/mol. The van der Waals surface area contributed by atoms with Crippen LogP contribution in [0.25, 0.3) is 0 Å². The molecule has 2 aromatic rings. The Morgan fingerprint density at radius 3 is 2.57 bits per heavy atom. The topological polar surface area (TPSA) is 73.6 Å². The molecule has 0 bridgehead atoms. The molecule has 0 heterocycles. The molecular formula is C16H18N2O3. The maximum Gasteiger partial charge on any atom is 0.227 e. The molecule has 0 fully saturated rings. The summed E-state index contributed by atoms with van der Waals surface area (Å²) < 4.78 is 10.5. The SMILES string of the molecule is COc1ccc(NC(=O)CCOc2ccccc2)c(N)c1. The molecule has 21 heavy (non-hydrogen) atoms. The molecular weight excluding hydrogens is 268 g/mol. The van der Waals surface area contributed by atoms with Crippen molar-refractivity contribution >= 4 is 17.3 Å². The van der Waals surface area contributed by atoms with Crippen LogP contribution in [0, 0.1) is 0 Å². The second-order valence-corrected chi connectivity index (χ2v) is 4.41. The van der Waals surface area contributed by atoms with Crippen molar-refractivity contribution in [3.63, 3.8) is 0 Å². The van der Waals surface area contributed by atoms with Gasteiger partial charge < -0.3 is 20.5 Å². The van der Waals surface area contributed by atoms with Gasteiger partial charge in [-0.05, 0) is 24.3 Å². The third-order valence-corrected chi connectivity index (χ3v) is 2.87. The summed E-state index contributed by atoms with van der Waals surface area (Å²) in [6, 6.07) is 14.5. The van der Waals surface area contributed by atoms with Crippen molar-refractivity contribution < 1.29 is 14.3 Å². The normalized spacial score (nSPS) is 9.95. The molecule has 5 heteroatoms. The Morgan fingerprint density at radius 1 is 1.14 bits per heavy atom. The fourth-order valence-corrected chi connectivity index (χ4v) is 1.77. The van der Waals surface area contributed by atoms with Crippen LogP contribution in [0.2, 0.25) is 0 Å². The fourth-order valence-electron chi connectivity index (χ4n) is 1.77. The molecule has 0 aliphatic carbocycles. The highest BCUT2D eigenvalue weighted by atomic mass is 16.5. The van der Waals surface area contributed by atoms with Gasteiger partial charge in [-0.1, -0.05) is 18.2 Å². The zero-order chi connectivity index (χ0) is 15.1. The number of anilines is 2. The predicted octanol–water partition coefficient (Wildman–Crippen LogP) is 2.69. The van der Waals surface area contributed by atoms with Crippen LogP contribution in [-0.4, -0.2) is 19.6 Å². The van der Waals surface area contributed by atoms with Gasteiger partial charge >= 0.3 is 0 Å². The zero-order valence-corrected chi connectivity index (χ0v) is 11.8. The van der Waals surface area contributed by atoms with Crippen molar-refractivity contribution in [2.24, 2.45) is 0 Å². The highest BCUT2D eigenvalue weighted by molar-refractivity contribution is 5.94. The van der Waals surface area contributed by atoms with E-state index in [1.807, 2.05) is 30.3 Å². The van der Waals surface area contributed by atoms with Crippen LogP contribution in [0.3, 0.4) is 0 Å². The van der Waals surface area contributed by atoms with Gasteiger partial charge in [0, 0.05) is 6.07 Å². The van der Waals surface area contributed by atoms with Gasteiger partial charge in [-0.3, -0.25) is 4.79 Å². The van der Waals surface area contributed by atoms with Crippen molar-refractivity contribution in [1.82, 2.24) is 0 Å². The van der Waals surface area contributed by atoms with Crippen LogP contribution < -0.4 is 20.5 Å². The number of hydrogen-bond acceptors (Lipinski definition) is 4. The summed E-state index contributed by atoms with van der Waals surface area (Å²) in [6.07, 6.45) is 0.250. The Balaban J connectivity index is 1.82. The van der Waals surface area contributed by atoms with E-state index in [1.165, 1.54) is 0 Å². The fraction of sp³-hybridized carbons (Fsp3) is 0.188. The number of para-hydroxylation sites is 1. The number of nitrogen functional groups attached to an aromatic ring is 1. The number of benzene rings is 2. The Morgan fingerprint density at radius 2 is 1.90 bits per heavy atom. The molecule has 0 radical (unpaired) electrons. The molecule has 0 saturated carbocycles. The highest BCUT2D eigenvalue weighted by Crippen LogP contribution is 2.24. The molecule has 0 saturated heterocycles. The van der Waals surface area contributed by atoms with Crippen LogP contribution in [-0.2, 0) is 4.79 Å². The molecule has 0 unspecified atom stereocenters. The summed E-state index contributed by atoms with van der Waals surface area (Å²) in [7, 11) is 1.56. The largest absolute Gasteiger partial charge is 0.497 e. The van der Waals surface area contributed by atoms with Gasteiger partial charge in [-0.2, -0.15) is 0 Å². The van der Waals surface area contributed by atoms with Crippen LogP contribution in [0.5, 0.6) is 11.5 Å². The first kappa shape index (κ1) is 14.7. The minimum Gasteiger partial charge on any atom is -0.497 e. The molecule has 5 nitrogen and oxygen atoms in total. The molecule has 2 aromatic carbocycles. The summed E-state index contributed by atoms with van der Waals surface area (Å²) in [6.45, 7) is 0.311. The van der Waals surface area contributed by atoms with Crippen LogP contribution in [0.4, 0.5) is 11.4 Å². The van der Waals surface area contributed by atoms with E-state index in [0.717, 1.165) is 5.75 Å². The van der Waals surface area contributed by atoms with Crippen molar-refractivity contribution in [2.45, 2.75) is 6.42 Å². The lowest BCUT2D eigenvalue weighted by Crippen LogP contribution is -2.16. The number of rotatable bonds is 6. The average Bonchev–Trinajstić information content (AvgIpc) is 2.50. The third-order valence-electron chi connectivity index (χ3n) is 2.87. The maximum atomic E-state index is 11.8. The van der Waals surface area contributed by atoms with E-state index in [1.54, 1.807) is 25.3 Å². The maximum absolute atomic E-state index is 11.8. The lowest BCUT2D eigenvalue weighted by molar-refractivity contribution is -0.116. The molecule has 2 rings (SSSR count). The molecule has 3 N–H and O–H groups in total. The summed E-state index contributed by atoms with van der Waals surface area (Å²) >= 11 is 0. The first-order valence-corrected chi connectivity index (χ1v) is 6.60. The molecule has 0 aromatic heterocycles. The number of nitrogens with one attached hydrogen (secondary N) is 1. The lowest BCUT2D eigenvalue weighted by atomic mass is 10.2. The molecule has 0 atom stereocenters. The van der Waals surface area contributed by atoms with E-state index in [-0.39, 0.29) is 12.3 Å².